The summed E-state index contributed by atoms with van der Waals surface area (Å²) in [5.41, 5.74) is 26.7. The maximum Gasteiger partial charge on any atom is 0.321 e. The lowest BCUT2D eigenvalue weighted by atomic mass is 10.0. The van der Waals surface area contributed by atoms with Crippen molar-refractivity contribution < 1.29 is 55.7 Å². The summed E-state index contributed by atoms with van der Waals surface area (Å²) >= 11 is 24.5. The Balaban J connectivity index is 0.000000141. The van der Waals surface area contributed by atoms with Gasteiger partial charge < -0.3 is 46.4 Å². The van der Waals surface area contributed by atoms with Crippen LogP contribution in [0.1, 0.15) is 102 Å². The van der Waals surface area contributed by atoms with Crippen LogP contribution >= 0.6 is 46.4 Å². The molecule has 2 fully saturated rings. The highest BCUT2D eigenvalue weighted by atomic mass is 35.5. The van der Waals surface area contributed by atoms with E-state index in [0.717, 1.165) is 25.7 Å². The maximum absolute atomic E-state index is 13.4. The molecule has 0 unspecified atom stereocenters. The van der Waals surface area contributed by atoms with Crippen LogP contribution in [0, 0.1) is 23.3 Å². The number of ether oxygens (including phenoxy) is 4. The van der Waals surface area contributed by atoms with E-state index in [1.807, 2.05) is 4.57 Å². The second-order valence-electron chi connectivity index (χ2n) is 31.4. The van der Waals surface area contributed by atoms with Crippen LogP contribution in [0.4, 0.5) is 40.3 Å². The maximum atomic E-state index is 13.4. The molecule has 0 bridgehead atoms. The van der Waals surface area contributed by atoms with E-state index >= 15 is 0 Å². The second-order valence-corrected chi connectivity index (χ2v) is 33.0. The molecule has 0 amide bonds. The van der Waals surface area contributed by atoms with E-state index in [4.69, 9.17) is 88.3 Å². The summed E-state index contributed by atoms with van der Waals surface area (Å²) in [5, 5.41) is 21.7. The molecule has 2 aliphatic rings. The summed E-state index contributed by atoms with van der Waals surface area (Å²) < 4.78 is 82.1. The smallest absolute Gasteiger partial charge is 0.321 e. The molecular formula is C101H77Cl4F4N19O12. The minimum Gasteiger partial charge on any atom is -0.436 e. The Hall–Kier alpha value is -16.9. The van der Waals surface area contributed by atoms with Gasteiger partial charge >= 0.3 is 18.0 Å². The number of pyridine rings is 1. The minimum absolute atomic E-state index is 0.0125. The van der Waals surface area contributed by atoms with Crippen molar-refractivity contribution in [3.63, 3.8) is 0 Å². The first kappa shape index (κ1) is 97.6. The average Bonchev–Trinajstić information content (AvgIpc) is 1.53. The molecule has 8 heterocycles. The molecule has 0 radical (unpaired) electrons. The molecule has 8 aromatic carbocycles. The van der Waals surface area contributed by atoms with Crippen molar-refractivity contribution >= 4 is 92.3 Å². The molecule has 0 atom stereocenters. The van der Waals surface area contributed by atoms with E-state index in [-0.39, 0.29) is 134 Å². The van der Waals surface area contributed by atoms with Crippen molar-refractivity contribution in [3.05, 3.63) is 405 Å². The number of aromatic nitrogens is 15. The third-order valence-corrected chi connectivity index (χ3v) is 22.7. The molecule has 8 N–H and O–H groups in total. The number of carbonyl (C=O) groups excluding carboxylic acids is 4. The Kier molecular flexibility index (Phi) is 30.9. The van der Waals surface area contributed by atoms with Gasteiger partial charge in [-0.1, -0.05) is 119 Å². The number of benzene rings is 8. The van der Waals surface area contributed by atoms with Gasteiger partial charge in [0.15, 0.2) is 57.2 Å². The lowest BCUT2D eigenvalue weighted by Crippen LogP contribution is -2.25. The molecule has 16 aromatic rings. The Labute approximate surface area is 812 Å². The van der Waals surface area contributed by atoms with Gasteiger partial charge in [0.2, 0.25) is 22.2 Å². The molecule has 2 saturated carbocycles. The normalized spacial score (nSPS) is 11.8. The van der Waals surface area contributed by atoms with Crippen LogP contribution in [0.3, 0.4) is 0 Å². The van der Waals surface area contributed by atoms with Crippen LogP contribution < -0.4 is 63.6 Å². The number of nitrogens with zero attached hydrogens (tertiary/aromatic N) is 15. The number of Topliss-reactive ketones (excluding diaryl/α,β-unsaturated/α-hetero) is 4. The van der Waals surface area contributed by atoms with Gasteiger partial charge in [-0.3, -0.25) is 52.4 Å². The van der Waals surface area contributed by atoms with E-state index in [9.17, 15) is 55.9 Å². The van der Waals surface area contributed by atoms with Gasteiger partial charge in [-0.2, -0.15) is 20.4 Å². The number of halogens is 8. The third kappa shape index (κ3) is 24.5. The number of hydrogen-bond donors (Lipinski definition) is 4. The molecule has 704 valence electrons. The largest absolute Gasteiger partial charge is 0.436 e. The molecule has 18 rings (SSSR count). The van der Waals surface area contributed by atoms with Crippen LogP contribution in [0.25, 0.3) is 44.6 Å². The first-order valence-corrected chi connectivity index (χ1v) is 44.1. The quantitative estimate of drug-likeness (QED) is 0.0141. The standard InChI is InChI=1S/C26H20ClFN4O3.3C25H19ClFN5O3/c27-24-21(29)2-1-3-23(24)35-26-30-11-15(12-31-26)10-22(33)20-14-32(18-8-9-18)13-19(25(20)34)16-4-6-17(28)7-5-16;26-22-19(28)2-1-3-21(22)35-25-29-11-14(12-30-25)10-20(33)23-24(34)18(13-32(31-23)17-8-9-17)15-4-6-16(27)7-5-15;1-2-12-32-14-18(25(34)24(31-32)15-6-8-16(27)9-7-15)20(33)13-17-10-11-22(30-29-17)35-21-5-3-4-19(28)23(21)26;1-2-10-32-14-18(16-6-8-17(27)9-7-16)24(34)23(31-32)20(33)11-15-12-29-25(30-13-15)35-21-5-3-4-19(28)22(21)26/h1-7,11-14,18H,8-10,29H2;1-7,11-13,17H,8-10,28H2;2-11,14H,1,12-13,28H2;2-9,12-14H,1,10-11,28H2. The van der Waals surface area contributed by atoms with E-state index in [2.05, 4.69) is 68.6 Å². The number of ketones is 4. The fourth-order valence-corrected chi connectivity index (χ4v) is 14.3. The van der Waals surface area contributed by atoms with E-state index in [1.54, 1.807) is 114 Å². The zero-order valence-electron chi connectivity index (χ0n) is 73.4. The summed E-state index contributed by atoms with van der Waals surface area (Å²) in [6, 6.07) is 45.3. The number of allylic oxidation sites excluding steroid dienone is 2. The Morgan fingerprint density at radius 3 is 1.12 bits per heavy atom. The highest BCUT2D eigenvalue weighted by molar-refractivity contribution is 6.35. The van der Waals surface area contributed by atoms with Crippen LogP contribution in [-0.2, 0) is 38.8 Å². The molecule has 0 spiro atoms. The zero-order valence-corrected chi connectivity index (χ0v) is 76.4. The van der Waals surface area contributed by atoms with E-state index < -0.39 is 62.3 Å². The number of hydrogen-bond acceptors (Lipinski definition) is 27. The lowest BCUT2D eigenvalue weighted by Gasteiger charge is -2.11. The molecule has 8 aromatic heterocycles. The van der Waals surface area contributed by atoms with Crippen molar-refractivity contribution in [3.8, 4) is 91.5 Å². The number of rotatable bonds is 30. The topological polar surface area (TPSA) is 439 Å². The van der Waals surface area contributed by atoms with Gasteiger partial charge in [-0.05, 0) is 174 Å². The lowest BCUT2D eigenvalue weighted by molar-refractivity contribution is 0.0976. The Morgan fingerprint density at radius 1 is 0.371 bits per heavy atom. The summed E-state index contributed by atoms with van der Waals surface area (Å²) in [6.07, 6.45) is 22.9. The van der Waals surface area contributed by atoms with E-state index in [0.29, 0.717) is 102 Å². The predicted molar refractivity (Wildman–Crippen MR) is 519 cm³/mol. The monoisotopic (exact) mass is 1960 g/mol. The minimum atomic E-state index is -0.564. The molecule has 2 aliphatic carbocycles. The van der Waals surface area contributed by atoms with Crippen molar-refractivity contribution in [2.75, 3.05) is 22.9 Å². The van der Waals surface area contributed by atoms with Crippen molar-refractivity contribution in [1.82, 2.24) is 74.0 Å². The van der Waals surface area contributed by atoms with Gasteiger partial charge in [-0.15, -0.1) is 18.3 Å². The second kappa shape index (κ2) is 44.3. The highest BCUT2D eigenvalue weighted by Crippen LogP contribution is 2.40. The summed E-state index contributed by atoms with van der Waals surface area (Å²) in [4.78, 5) is 129. The van der Waals surface area contributed by atoms with E-state index in [1.165, 1.54) is 162 Å². The number of nitrogen functional groups attached to an aromatic ring is 4. The van der Waals surface area contributed by atoms with Crippen molar-refractivity contribution in [2.24, 2.45) is 0 Å². The van der Waals surface area contributed by atoms with Gasteiger partial charge in [0.1, 0.15) is 54.8 Å². The molecule has 140 heavy (non-hydrogen) atoms. The Bertz CT molecular complexity index is 7190. The summed E-state index contributed by atoms with van der Waals surface area (Å²) in [7, 11) is 0. The predicted octanol–water partition coefficient (Wildman–Crippen LogP) is 18.8. The van der Waals surface area contributed by atoms with Crippen molar-refractivity contribution in [1.29, 1.82) is 0 Å². The third-order valence-electron chi connectivity index (χ3n) is 21.1. The van der Waals surface area contributed by atoms with Crippen LogP contribution in [0.2, 0.25) is 20.1 Å². The average molecular weight is 1970 g/mol. The van der Waals surface area contributed by atoms with Gasteiger partial charge in [-0.25, -0.2) is 47.5 Å². The summed E-state index contributed by atoms with van der Waals surface area (Å²) in [6.45, 7) is 7.88. The van der Waals surface area contributed by atoms with Crippen LogP contribution in [0.15, 0.2) is 295 Å². The molecule has 39 heteroatoms. The SMILES string of the molecule is C=CCn1cc(-c2ccc(F)cc2)c(=O)c(C(=O)Cc2cnc(Oc3cccc(N)c3Cl)nc2)n1.C=CCn1cc(C(=O)Cc2ccc(Oc3cccc(N)c3Cl)nn2)c(=O)c(-c2ccc(F)cc2)n1.Nc1cccc(Oc2ncc(CC(=O)c3cn(C4CC4)cc(-c4ccc(F)cc4)c3=O)cn2)c1Cl.Nc1cccc(Oc2ncc(CC(=O)c3nn(C4CC4)cc(-c4ccc(F)cc4)c3=O)cn2)c1Cl. The van der Waals surface area contributed by atoms with Crippen LogP contribution in [-0.4, -0.2) is 97.1 Å². The number of nitrogens with two attached hydrogens (primary N) is 4. The first-order valence-electron chi connectivity index (χ1n) is 42.6. The number of carbonyl (C=O) groups is 4. The fraction of sp³-hybridized carbons (Fsp3) is 0.119. The first-order chi connectivity index (χ1) is 67.5. The molecule has 0 aliphatic heterocycles. The molecular weight excluding hydrogens is 1890 g/mol. The van der Waals surface area contributed by atoms with Crippen molar-refractivity contribution in [2.45, 2.75) is 76.5 Å². The zero-order chi connectivity index (χ0) is 99.0. The molecule has 31 nitrogen and oxygen atoms in total. The molecule has 0 saturated heterocycles. The van der Waals surface area contributed by atoms with Gasteiger partial charge in [0.25, 0.3) is 0 Å². The van der Waals surface area contributed by atoms with Gasteiger partial charge in [0.05, 0.1) is 65.1 Å². The number of anilines is 4. The van der Waals surface area contributed by atoms with Gasteiger partial charge in [0, 0.05) is 122 Å². The van der Waals surface area contributed by atoms with Crippen LogP contribution in [0.5, 0.6) is 46.9 Å². The summed E-state index contributed by atoms with van der Waals surface area (Å²) in [5.74, 6) is -2.12. The highest BCUT2D eigenvalue weighted by Gasteiger charge is 2.31. The fourth-order valence-electron chi connectivity index (χ4n) is 13.7. The Morgan fingerprint density at radius 2 is 0.729 bits per heavy atom.